The third kappa shape index (κ3) is 2.21. The Labute approximate surface area is 76.2 Å². The minimum absolute atomic E-state index is 0.308. The number of aromatic nitrogens is 2. The summed E-state index contributed by atoms with van der Waals surface area (Å²) < 4.78 is 8.67. The molecule has 0 aliphatic carbocycles. The molecule has 13 heavy (non-hydrogen) atoms. The highest BCUT2D eigenvalue weighted by Crippen LogP contribution is 2.03. The van der Waals surface area contributed by atoms with E-state index >= 15 is 0 Å². The summed E-state index contributed by atoms with van der Waals surface area (Å²) in [5, 5.41) is 8.42. The highest BCUT2D eigenvalue weighted by atomic mass is 16.5. The molecular formula is C8H13N2O3+. The van der Waals surface area contributed by atoms with E-state index in [1.807, 2.05) is 30.9 Å². The highest BCUT2D eigenvalue weighted by molar-refractivity contribution is 5.68. The SMILES string of the molecule is CCn1cc[n+](C)c1OCC(=O)O. The van der Waals surface area contributed by atoms with Gasteiger partial charge < -0.3 is 9.84 Å². The van der Waals surface area contributed by atoms with E-state index in [1.54, 1.807) is 4.57 Å². The Balaban J connectivity index is 2.73. The van der Waals surface area contributed by atoms with E-state index < -0.39 is 5.97 Å². The van der Waals surface area contributed by atoms with E-state index in [0.29, 0.717) is 6.01 Å². The monoisotopic (exact) mass is 185 g/mol. The zero-order valence-corrected chi connectivity index (χ0v) is 7.73. The first-order valence-corrected chi connectivity index (χ1v) is 4.04. The maximum atomic E-state index is 10.3. The van der Waals surface area contributed by atoms with Crippen molar-refractivity contribution in [1.29, 1.82) is 0 Å². The molecule has 0 saturated carbocycles. The van der Waals surface area contributed by atoms with Crippen molar-refractivity contribution in [1.82, 2.24) is 4.57 Å². The van der Waals surface area contributed by atoms with E-state index in [2.05, 4.69) is 0 Å². The lowest BCUT2D eigenvalue weighted by molar-refractivity contribution is -0.676. The minimum Gasteiger partial charge on any atom is -0.479 e. The number of carboxylic acids is 1. The van der Waals surface area contributed by atoms with E-state index in [4.69, 9.17) is 9.84 Å². The number of imidazole rings is 1. The van der Waals surface area contributed by atoms with E-state index in [-0.39, 0.29) is 6.61 Å². The summed E-state index contributed by atoms with van der Waals surface area (Å²) >= 11 is 0. The number of hydrogen-bond acceptors (Lipinski definition) is 2. The normalized spacial score (nSPS) is 10.0. The summed E-state index contributed by atoms with van der Waals surface area (Å²) in [6.45, 7) is 2.42. The molecule has 0 radical (unpaired) electrons. The molecule has 1 rings (SSSR count). The number of rotatable bonds is 4. The Morgan fingerprint density at radius 3 is 3.00 bits per heavy atom. The zero-order chi connectivity index (χ0) is 9.84. The lowest BCUT2D eigenvalue weighted by Gasteiger charge is -1.99. The molecule has 0 unspecified atom stereocenters. The molecule has 0 aliphatic rings. The van der Waals surface area contributed by atoms with Gasteiger partial charge in [0.2, 0.25) is 0 Å². The predicted octanol–water partition coefficient (Wildman–Crippen LogP) is -0.204. The van der Waals surface area contributed by atoms with Crippen LogP contribution in [0.4, 0.5) is 0 Å². The molecule has 72 valence electrons. The van der Waals surface area contributed by atoms with Gasteiger partial charge in [0.1, 0.15) is 12.4 Å². The van der Waals surface area contributed by atoms with E-state index in [9.17, 15) is 4.79 Å². The molecule has 1 aromatic rings. The van der Waals surface area contributed by atoms with Gasteiger partial charge in [0.15, 0.2) is 6.61 Å². The van der Waals surface area contributed by atoms with Crippen LogP contribution in [0, 0.1) is 0 Å². The number of hydrogen-bond donors (Lipinski definition) is 1. The maximum Gasteiger partial charge on any atom is 0.456 e. The lowest BCUT2D eigenvalue weighted by Crippen LogP contribution is -2.30. The number of ether oxygens (including phenoxy) is 1. The zero-order valence-electron chi connectivity index (χ0n) is 7.73. The summed E-state index contributed by atoms with van der Waals surface area (Å²) in [6, 6.07) is 0.560. The minimum atomic E-state index is -0.969. The van der Waals surface area contributed by atoms with E-state index in [1.165, 1.54) is 0 Å². The second-order valence-electron chi connectivity index (χ2n) is 2.66. The van der Waals surface area contributed by atoms with E-state index in [0.717, 1.165) is 6.54 Å². The fraction of sp³-hybridized carbons (Fsp3) is 0.500. The third-order valence-electron chi connectivity index (χ3n) is 1.68. The van der Waals surface area contributed by atoms with Gasteiger partial charge in [-0.1, -0.05) is 0 Å². The molecule has 0 saturated heterocycles. The summed E-state index contributed by atoms with van der Waals surface area (Å²) in [5.41, 5.74) is 0. The molecule has 1 N–H and O–H groups in total. The molecule has 0 amide bonds. The van der Waals surface area contributed by atoms with Gasteiger partial charge in [0.25, 0.3) is 0 Å². The van der Waals surface area contributed by atoms with Crippen molar-refractivity contribution in [2.75, 3.05) is 6.61 Å². The van der Waals surface area contributed by atoms with Crippen molar-refractivity contribution >= 4 is 5.97 Å². The first-order valence-electron chi connectivity index (χ1n) is 4.04. The van der Waals surface area contributed by atoms with Gasteiger partial charge in [-0.2, -0.15) is 4.57 Å². The van der Waals surface area contributed by atoms with Crippen molar-refractivity contribution in [2.45, 2.75) is 13.5 Å². The average molecular weight is 185 g/mol. The van der Waals surface area contributed by atoms with Crippen LogP contribution in [-0.4, -0.2) is 22.2 Å². The molecule has 1 heterocycles. The molecule has 0 spiro atoms. The van der Waals surface area contributed by atoms with Crippen LogP contribution in [0.5, 0.6) is 6.01 Å². The van der Waals surface area contributed by atoms with Crippen LogP contribution in [0.2, 0.25) is 0 Å². The Hall–Kier alpha value is -1.52. The number of aryl methyl sites for hydroxylation is 2. The summed E-state index contributed by atoms with van der Waals surface area (Å²) in [7, 11) is 1.81. The van der Waals surface area contributed by atoms with Crippen molar-refractivity contribution in [3.63, 3.8) is 0 Å². The largest absolute Gasteiger partial charge is 0.479 e. The fourth-order valence-electron chi connectivity index (χ4n) is 1.06. The smallest absolute Gasteiger partial charge is 0.456 e. The molecule has 5 nitrogen and oxygen atoms in total. The fourth-order valence-corrected chi connectivity index (χ4v) is 1.06. The van der Waals surface area contributed by atoms with Gasteiger partial charge in [-0.05, 0) is 6.92 Å². The van der Waals surface area contributed by atoms with Crippen LogP contribution < -0.4 is 9.30 Å². The second-order valence-corrected chi connectivity index (χ2v) is 2.66. The average Bonchev–Trinajstić information content (AvgIpc) is 2.43. The van der Waals surface area contributed by atoms with Crippen LogP contribution in [0.1, 0.15) is 6.92 Å². The van der Waals surface area contributed by atoms with Crippen molar-refractivity contribution in [2.24, 2.45) is 7.05 Å². The second kappa shape index (κ2) is 3.93. The van der Waals surface area contributed by atoms with Gasteiger partial charge in [-0.15, -0.1) is 0 Å². The van der Waals surface area contributed by atoms with Crippen LogP contribution in [0.3, 0.4) is 0 Å². The molecule has 0 bridgehead atoms. The topological polar surface area (TPSA) is 55.3 Å². The van der Waals surface area contributed by atoms with Gasteiger partial charge in [-0.3, -0.25) is 0 Å². The number of nitrogens with zero attached hydrogens (tertiary/aromatic N) is 2. The molecule has 5 heteroatoms. The Morgan fingerprint density at radius 2 is 2.46 bits per heavy atom. The van der Waals surface area contributed by atoms with Gasteiger partial charge in [0, 0.05) is 0 Å². The summed E-state index contributed by atoms with van der Waals surface area (Å²) in [5.74, 6) is -0.969. The maximum absolute atomic E-state index is 10.3. The van der Waals surface area contributed by atoms with Gasteiger partial charge in [-0.25, -0.2) is 9.36 Å². The molecule has 0 atom stereocenters. The Morgan fingerprint density at radius 1 is 1.77 bits per heavy atom. The van der Waals surface area contributed by atoms with Crippen molar-refractivity contribution < 1.29 is 19.2 Å². The quantitative estimate of drug-likeness (QED) is 0.661. The van der Waals surface area contributed by atoms with Gasteiger partial charge >= 0.3 is 12.0 Å². The summed E-state index contributed by atoms with van der Waals surface area (Å²) in [6.07, 6.45) is 3.66. The lowest BCUT2D eigenvalue weighted by atomic mass is 10.7. The standard InChI is InChI=1S/C8H12N2O3/c1-3-10-5-4-9(2)8(10)13-6-7(11)12/h4-5H,3,6H2,1-2H3/p+1. The molecule has 0 fully saturated rings. The summed E-state index contributed by atoms with van der Waals surface area (Å²) in [4.78, 5) is 10.3. The first kappa shape index (κ1) is 9.57. The van der Waals surface area contributed by atoms with Crippen LogP contribution in [-0.2, 0) is 18.4 Å². The molecule has 1 aromatic heterocycles. The molecule has 0 aliphatic heterocycles. The Kier molecular flexibility index (Phi) is 2.89. The molecular weight excluding hydrogens is 172 g/mol. The highest BCUT2D eigenvalue weighted by Gasteiger charge is 2.15. The Bertz CT molecular complexity index is 306. The van der Waals surface area contributed by atoms with Crippen molar-refractivity contribution in [3.8, 4) is 6.01 Å². The van der Waals surface area contributed by atoms with Crippen LogP contribution in [0.15, 0.2) is 12.4 Å². The van der Waals surface area contributed by atoms with Crippen LogP contribution in [0.25, 0.3) is 0 Å². The van der Waals surface area contributed by atoms with Gasteiger partial charge in [0.05, 0.1) is 13.6 Å². The van der Waals surface area contributed by atoms with Crippen LogP contribution >= 0.6 is 0 Å². The molecule has 0 aromatic carbocycles. The van der Waals surface area contributed by atoms with Crippen molar-refractivity contribution in [3.05, 3.63) is 12.4 Å². The number of carbonyl (C=O) groups is 1. The first-order chi connectivity index (χ1) is 6.15. The number of aliphatic carboxylic acids is 1. The third-order valence-corrected chi connectivity index (χ3v) is 1.68. The predicted molar refractivity (Wildman–Crippen MR) is 44.4 cm³/mol. The number of carboxylic acid groups (broad SMARTS) is 1.